The van der Waals surface area contributed by atoms with E-state index in [0.29, 0.717) is 5.78 Å². The van der Waals surface area contributed by atoms with Crippen molar-refractivity contribution < 1.29 is 12.4 Å². The highest BCUT2D eigenvalue weighted by Gasteiger charge is 2.21. The largest absolute Gasteiger partial charge is 1.00 e. The molecule has 3 aromatic rings. The lowest BCUT2D eigenvalue weighted by Gasteiger charge is -2.13. The number of anilines is 2. The van der Waals surface area contributed by atoms with E-state index >= 15 is 0 Å². The van der Waals surface area contributed by atoms with E-state index in [2.05, 4.69) is 52.4 Å². The van der Waals surface area contributed by atoms with Crippen LogP contribution in [0.15, 0.2) is 24.5 Å². The van der Waals surface area contributed by atoms with Crippen LogP contribution in [-0.4, -0.2) is 19.6 Å². The first-order valence-electron chi connectivity index (χ1n) is 7.27. The summed E-state index contributed by atoms with van der Waals surface area (Å²) >= 11 is 0. The molecular formula is C16H17ClN5-. The van der Waals surface area contributed by atoms with Crippen LogP contribution < -0.4 is 17.7 Å². The monoisotopic (exact) mass is 314 g/mol. The molecule has 5 nitrogen and oxygen atoms in total. The molecule has 0 unspecified atom stereocenters. The van der Waals surface area contributed by atoms with Crippen molar-refractivity contribution in [2.24, 2.45) is 0 Å². The standard InChI is InChI=1S/C16H17N5.ClH/c1-10-6-11(2)8-12(7-10)19-15-13-4-3-5-14(13)20-16-17-9-18-21(15)16;/h6-9,19H,3-5H2,1-2H3;1H/p-1. The summed E-state index contributed by atoms with van der Waals surface area (Å²) in [6.45, 7) is 4.22. The number of aryl methyl sites for hydroxylation is 3. The zero-order valence-corrected chi connectivity index (χ0v) is 13.4. The number of aromatic nitrogens is 4. The zero-order valence-electron chi connectivity index (χ0n) is 12.6. The third-order valence-electron chi connectivity index (χ3n) is 3.94. The summed E-state index contributed by atoms with van der Waals surface area (Å²) in [5.41, 5.74) is 6.01. The molecule has 6 heteroatoms. The van der Waals surface area contributed by atoms with Crippen LogP contribution in [0.2, 0.25) is 0 Å². The first-order valence-corrected chi connectivity index (χ1v) is 7.27. The smallest absolute Gasteiger partial charge is 0.254 e. The molecular weight excluding hydrogens is 298 g/mol. The van der Waals surface area contributed by atoms with Crippen molar-refractivity contribution in [3.8, 4) is 0 Å². The van der Waals surface area contributed by atoms with Gasteiger partial charge in [0.2, 0.25) is 0 Å². The Kier molecular flexibility index (Phi) is 3.74. The summed E-state index contributed by atoms with van der Waals surface area (Å²) in [6.07, 6.45) is 4.78. The van der Waals surface area contributed by atoms with Gasteiger partial charge < -0.3 is 17.7 Å². The Morgan fingerprint density at radius 2 is 1.86 bits per heavy atom. The van der Waals surface area contributed by atoms with Crippen LogP contribution in [0.5, 0.6) is 0 Å². The maximum Gasteiger partial charge on any atom is 0.254 e. The molecule has 1 aliphatic rings. The van der Waals surface area contributed by atoms with E-state index in [1.165, 1.54) is 16.7 Å². The number of hydrogen-bond acceptors (Lipinski definition) is 4. The van der Waals surface area contributed by atoms with Crippen molar-refractivity contribution in [3.63, 3.8) is 0 Å². The fraction of sp³-hybridized carbons (Fsp3) is 0.312. The van der Waals surface area contributed by atoms with Gasteiger partial charge in [0, 0.05) is 11.3 Å². The Balaban J connectivity index is 0.00000144. The number of halogens is 1. The summed E-state index contributed by atoms with van der Waals surface area (Å²) in [5, 5.41) is 7.85. The van der Waals surface area contributed by atoms with Crippen LogP contribution in [0.1, 0.15) is 28.8 Å². The molecule has 0 spiro atoms. The van der Waals surface area contributed by atoms with Gasteiger partial charge >= 0.3 is 0 Å². The van der Waals surface area contributed by atoms with Gasteiger partial charge in [0.15, 0.2) is 0 Å². The summed E-state index contributed by atoms with van der Waals surface area (Å²) in [5.74, 6) is 1.68. The normalized spacial score (nSPS) is 13.0. The molecule has 1 N–H and O–H groups in total. The van der Waals surface area contributed by atoms with Crippen LogP contribution in [-0.2, 0) is 12.8 Å². The molecule has 2 heterocycles. The molecule has 0 amide bonds. The van der Waals surface area contributed by atoms with Gasteiger partial charge in [-0.1, -0.05) is 6.07 Å². The lowest BCUT2D eigenvalue weighted by molar-refractivity contribution is -0.00000465. The van der Waals surface area contributed by atoms with Crippen LogP contribution >= 0.6 is 0 Å². The summed E-state index contributed by atoms with van der Waals surface area (Å²) < 4.78 is 1.81. The Hall–Kier alpha value is -2.14. The molecule has 0 atom stereocenters. The van der Waals surface area contributed by atoms with Gasteiger partial charge in [0.05, 0.1) is 5.69 Å². The van der Waals surface area contributed by atoms with Gasteiger partial charge in [0.25, 0.3) is 5.78 Å². The van der Waals surface area contributed by atoms with E-state index in [1.807, 2.05) is 4.52 Å². The lowest BCUT2D eigenvalue weighted by atomic mass is 10.1. The highest BCUT2D eigenvalue weighted by Crippen LogP contribution is 2.30. The Labute approximate surface area is 135 Å². The highest BCUT2D eigenvalue weighted by molar-refractivity contribution is 5.64. The van der Waals surface area contributed by atoms with Crippen molar-refractivity contribution in [1.82, 2.24) is 19.6 Å². The second-order valence-corrected chi connectivity index (χ2v) is 5.71. The molecule has 22 heavy (non-hydrogen) atoms. The van der Waals surface area contributed by atoms with Crippen molar-refractivity contribution in [2.45, 2.75) is 33.1 Å². The van der Waals surface area contributed by atoms with Gasteiger partial charge in [0.1, 0.15) is 12.1 Å². The fourth-order valence-corrected chi connectivity index (χ4v) is 3.14. The third kappa shape index (κ3) is 2.41. The first-order chi connectivity index (χ1) is 10.2. The molecule has 1 aliphatic carbocycles. The second-order valence-electron chi connectivity index (χ2n) is 5.71. The van der Waals surface area contributed by atoms with Gasteiger partial charge in [-0.2, -0.15) is 14.6 Å². The summed E-state index contributed by atoms with van der Waals surface area (Å²) in [4.78, 5) is 8.84. The van der Waals surface area contributed by atoms with Crippen molar-refractivity contribution in [2.75, 3.05) is 5.32 Å². The highest BCUT2D eigenvalue weighted by atomic mass is 35.5. The average molecular weight is 315 g/mol. The Bertz CT molecular complexity index is 820. The van der Waals surface area contributed by atoms with Crippen molar-refractivity contribution in [1.29, 1.82) is 0 Å². The summed E-state index contributed by atoms with van der Waals surface area (Å²) in [7, 11) is 0. The van der Waals surface area contributed by atoms with Gasteiger partial charge in [-0.3, -0.25) is 0 Å². The molecule has 114 valence electrons. The maximum absolute atomic E-state index is 4.60. The first kappa shape index (κ1) is 14.8. The van der Waals surface area contributed by atoms with Gasteiger partial charge in [-0.05, 0) is 56.4 Å². The van der Waals surface area contributed by atoms with Crippen molar-refractivity contribution in [3.05, 3.63) is 46.9 Å². The predicted octanol–water partition coefficient (Wildman–Crippen LogP) is -0.0226. The maximum atomic E-state index is 4.60. The van der Waals surface area contributed by atoms with E-state index in [4.69, 9.17) is 0 Å². The molecule has 0 saturated carbocycles. The van der Waals surface area contributed by atoms with Gasteiger partial charge in [-0.25, -0.2) is 4.98 Å². The minimum absolute atomic E-state index is 0. The Morgan fingerprint density at radius 1 is 1.09 bits per heavy atom. The van der Waals surface area contributed by atoms with E-state index in [9.17, 15) is 0 Å². The van der Waals surface area contributed by atoms with Crippen LogP contribution in [0, 0.1) is 13.8 Å². The van der Waals surface area contributed by atoms with Gasteiger partial charge in [-0.15, -0.1) is 0 Å². The molecule has 1 aromatic carbocycles. The predicted molar refractivity (Wildman–Crippen MR) is 82.0 cm³/mol. The quantitative estimate of drug-likeness (QED) is 0.722. The second kappa shape index (κ2) is 5.57. The molecule has 0 bridgehead atoms. The fourth-order valence-electron chi connectivity index (χ4n) is 3.14. The number of fused-ring (bicyclic) bond motifs is 2. The number of rotatable bonds is 2. The SMILES string of the molecule is Cc1cc(C)cc(Nc2c3c(nc4ncnn24)CCC3)c1.[Cl-]. The molecule has 4 rings (SSSR count). The number of nitrogens with zero attached hydrogens (tertiary/aromatic N) is 4. The lowest BCUT2D eigenvalue weighted by Crippen LogP contribution is -3.00. The molecule has 0 radical (unpaired) electrons. The molecule has 2 aromatic heterocycles. The number of benzene rings is 1. The number of hydrogen-bond donors (Lipinski definition) is 1. The minimum Gasteiger partial charge on any atom is -1.00 e. The van der Waals surface area contributed by atoms with E-state index in [0.717, 1.165) is 36.5 Å². The average Bonchev–Trinajstić information content (AvgIpc) is 3.05. The van der Waals surface area contributed by atoms with Crippen LogP contribution in [0.4, 0.5) is 11.5 Å². The van der Waals surface area contributed by atoms with Crippen LogP contribution in [0.25, 0.3) is 5.78 Å². The molecule has 0 saturated heterocycles. The topological polar surface area (TPSA) is 55.1 Å². The zero-order chi connectivity index (χ0) is 14.4. The summed E-state index contributed by atoms with van der Waals surface area (Å²) in [6, 6.07) is 6.47. The van der Waals surface area contributed by atoms with E-state index < -0.39 is 0 Å². The minimum atomic E-state index is 0. The van der Waals surface area contributed by atoms with Crippen LogP contribution in [0.3, 0.4) is 0 Å². The van der Waals surface area contributed by atoms with Crippen molar-refractivity contribution >= 4 is 17.3 Å². The number of nitrogens with one attached hydrogen (secondary N) is 1. The van der Waals surface area contributed by atoms with E-state index in [1.54, 1.807) is 6.33 Å². The van der Waals surface area contributed by atoms with E-state index in [-0.39, 0.29) is 12.4 Å². The Morgan fingerprint density at radius 3 is 2.64 bits per heavy atom. The third-order valence-corrected chi connectivity index (χ3v) is 3.94. The molecule has 0 aliphatic heterocycles. The molecule has 0 fully saturated rings.